The van der Waals surface area contributed by atoms with Gasteiger partial charge in [0.1, 0.15) is 16.3 Å². The lowest BCUT2D eigenvalue weighted by Gasteiger charge is -2.42. The predicted octanol–water partition coefficient (Wildman–Crippen LogP) is 3.17. The number of nitrogen functional groups attached to an aromatic ring is 1. The normalized spacial score (nSPS) is 20.7. The number of nitrogens with zero attached hydrogens (tertiary/aromatic N) is 4. The molecule has 0 aromatic carbocycles. The van der Waals surface area contributed by atoms with E-state index in [1.165, 1.54) is 23.6 Å². The molecule has 0 radical (unpaired) electrons. The molecule has 8 nitrogen and oxygen atoms in total. The Morgan fingerprint density at radius 2 is 1.93 bits per heavy atom. The van der Waals surface area contributed by atoms with E-state index in [2.05, 4.69) is 9.88 Å². The van der Waals surface area contributed by atoms with Gasteiger partial charge in [0.2, 0.25) is 5.95 Å². The molecule has 1 aliphatic heterocycles. The van der Waals surface area contributed by atoms with Crippen molar-refractivity contribution in [1.82, 2.24) is 14.5 Å². The maximum Gasteiger partial charge on any atom is 0.212 e. The molecule has 160 valence electrons. The molecule has 0 unspecified atom stereocenters. The maximum atomic E-state index is 8.76. The van der Waals surface area contributed by atoms with Crippen LogP contribution in [-0.2, 0) is 0 Å². The fourth-order valence-electron chi connectivity index (χ4n) is 4.91. The summed E-state index contributed by atoms with van der Waals surface area (Å²) in [6, 6.07) is 0.267. The summed E-state index contributed by atoms with van der Waals surface area (Å²) in [5.74, 6) is 0.717. The maximum absolute atomic E-state index is 8.76. The van der Waals surface area contributed by atoms with Crippen molar-refractivity contribution >= 4 is 41.3 Å². The van der Waals surface area contributed by atoms with Gasteiger partial charge in [-0.2, -0.15) is 0 Å². The zero-order chi connectivity index (χ0) is 21.6. The number of hydrogen-bond acceptors (Lipinski definition) is 7. The van der Waals surface area contributed by atoms with Crippen molar-refractivity contribution in [2.75, 3.05) is 23.7 Å². The van der Waals surface area contributed by atoms with Crippen LogP contribution in [0.2, 0.25) is 10.0 Å². The fraction of sp³-hybridized carbons (Fsp3) is 0.500. The Labute approximate surface area is 185 Å². The first-order valence-corrected chi connectivity index (χ1v) is 10.8. The molecule has 2 aliphatic rings. The second-order valence-corrected chi connectivity index (χ2v) is 9.01. The van der Waals surface area contributed by atoms with E-state index in [4.69, 9.17) is 50.5 Å². The lowest BCUT2D eigenvalue weighted by molar-refractivity contribution is 0.196. The van der Waals surface area contributed by atoms with Gasteiger partial charge in [0.25, 0.3) is 0 Å². The molecule has 0 bridgehead atoms. The van der Waals surface area contributed by atoms with Gasteiger partial charge in [-0.05, 0) is 38.0 Å². The molecule has 3 heterocycles. The van der Waals surface area contributed by atoms with Crippen LogP contribution in [0.3, 0.4) is 0 Å². The van der Waals surface area contributed by atoms with Crippen molar-refractivity contribution in [3.63, 3.8) is 0 Å². The van der Waals surface area contributed by atoms with Crippen LogP contribution in [0, 0.1) is 23.2 Å². The van der Waals surface area contributed by atoms with Gasteiger partial charge >= 0.3 is 0 Å². The molecule has 1 aliphatic carbocycles. The van der Waals surface area contributed by atoms with Gasteiger partial charge in [-0.25, -0.2) is 9.97 Å². The van der Waals surface area contributed by atoms with Crippen molar-refractivity contribution in [2.45, 2.75) is 45.1 Å². The molecular formula is C20H26Cl2N8. The number of hydrogen-bond donors (Lipinski definition) is 4. The van der Waals surface area contributed by atoms with Gasteiger partial charge in [0, 0.05) is 36.5 Å². The number of anilines is 2. The highest BCUT2D eigenvalue weighted by molar-refractivity contribution is 6.45. The predicted molar refractivity (Wildman–Crippen MR) is 120 cm³/mol. The number of piperidine rings is 1. The minimum absolute atomic E-state index is 0.106. The third-order valence-corrected chi connectivity index (χ3v) is 7.60. The van der Waals surface area contributed by atoms with E-state index in [9.17, 15) is 0 Å². The number of rotatable bonds is 3. The largest absolute Gasteiger partial charge is 0.382 e. The second-order valence-electron chi connectivity index (χ2n) is 8.25. The zero-order valence-electron chi connectivity index (χ0n) is 16.9. The van der Waals surface area contributed by atoms with Crippen molar-refractivity contribution < 1.29 is 0 Å². The van der Waals surface area contributed by atoms with Crippen molar-refractivity contribution in [1.29, 1.82) is 10.8 Å². The van der Waals surface area contributed by atoms with Crippen LogP contribution >= 0.6 is 23.2 Å². The number of nitrogens with two attached hydrogens (primary N) is 2. The highest BCUT2D eigenvalue weighted by atomic mass is 35.5. The Kier molecular flexibility index (Phi) is 5.50. The molecular weight excluding hydrogens is 423 g/mol. The lowest BCUT2D eigenvalue weighted by atomic mass is 9.74. The third kappa shape index (κ3) is 3.27. The number of halogens is 2. The first kappa shape index (κ1) is 21.1. The van der Waals surface area contributed by atoms with E-state index >= 15 is 0 Å². The third-order valence-electron chi connectivity index (χ3n) is 6.73. The van der Waals surface area contributed by atoms with Crippen LogP contribution in [-0.4, -0.2) is 40.0 Å². The van der Waals surface area contributed by atoms with E-state index in [-0.39, 0.29) is 32.8 Å². The average molecular weight is 449 g/mol. The van der Waals surface area contributed by atoms with Gasteiger partial charge in [0.05, 0.1) is 17.1 Å². The van der Waals surface area contributed by atoms with Crippen LogP contribution < -0.4 is 21.9 Å². The van der Waals surface area contributed by atoms with Crippen LogP contribution in [0.4, 0.5) is 11.8 Å². The molecule has 0 amide bonds. The molecule has 2 aromatic heterocycles. The zero-order valence-corrected chi connectivity index (χ0v) is 18.4. The van der Waals surface area contributed by atoms with Crippen LogP contribution in [0.15, 0.2) is 6.20 Å². The van der Waals surface area contributed by atoms with E-state index < -0.39 is 0 Å². The van der Waals surface area contributed by atoms with E-state index in [1.54, 1.807) is 0 Å². The summed E-state index contributed by atoms with van der Waals surface area (Å²) in [7, 11) is 0. The first-order valence-electron chi connectivity index (χ1n) is 10.1. The second kappa shape index (κ2) is 7.83. The molecule has 10 heteroatoms. The number of aromatic nitrogens is 3. The standard InChI is InChI=1S/C20H26Cl2N8/c1-11-14(12-9-27-17(25)16(22)15(12)21)18(26)30(10-23)19(28-11)29-7-5-20(6-8-29)4-2-3-13(20)24/h9-10,13,23,26H,2-8,24H2,1H3,(H2,25,27)/t13-/m1/s1. The summed E-state index contributed by atoms with van der Waals surface area (Å²) in [6.07, 6.45) is 8.10. The number of nitrogens with one attached hydrogen (secondary N) is 2. The summed E-state index contributed by atoms with van der Waals surface area (Å²) >= 11 is 12.6. The first-order chi connectivity index (χ1) is 14.3. The van der Waals surface area contributed by atoms with Crippen molar-refractivity contribution in [2.24, 2.45) is 11.1 Å². The number of pyridine rings is 1. The summed E-state index contributed by atoms with van der Waals surface area (Å²) < 4.78 is 1.47. The lowest BCUT2D eigenvalue weighted by Crippen LogP contribution is -2.48. The molecule has 4 rings (SSSR count). The van der Waals surface area contributed by atoms with Crippen LogP contribution in [0.5, 0.6) is 0 Å². The molecule has 1 atom stereocenters. The Morgan fingerprint density at radius 1 is 1.23 bits per heavy atom. The van der Waals surface area contributed by atoms with Gasteiger partial charge in [-0.1, -0.05) is 29.6 Å². The van der Waals surface area contributed by atoms with Crippen molar-refractivity contribution in [3.05, 3.63) is 27.4 Å². The van der Waals surface area contributed by atoms with E-state index in [1.807, 2.05) is 6.92 Å². The van der Waals surface area contributed by atoms with Crippen LogP contribution in [0.25, 0.3) is 11.1 Å². The fourth-order valence-corrected chi connectivity index (χ4v) is 5.30. The van der Waals surface area contributed by atoms with Gasteiger partial charge in [0.15, 0.2) is 0 Å². The summed E-state index contributed by atoms with van der Waals surface area (Å²) in [5.41, 5.74) is 14.1. The molecule has 30 heavy (non-hydrogen) atoms. The van der Waals surface area contributed by atoms with Gasteiger partial charge in [-0.15, -0.1) is 0 Å². The minimum Gasteiger partial charge on any atom is -0.382 e. The Bertz CT molecular complexity index is 1060. The SMILES string of the molecule is Cc1nc(N2CCC3(CCC[C@H]3N)CC2)n(C=N)c(=N)c1-c1cnc(N)c(Cl)c1Cl. The summed E-state index contributed by atoms with van der Waals surface area (Å²) in [5, 5.41) is 17.1. The Balaban J connectivity index is 1.73. The highest BCUT2D eigenvalue weighted by Gasteiger charge is 2.43. The Morgan fingerprint density at radius 3 is 2.53 bits per heavy atom. The van der Waals surface area contributed by atoms with Gasteiger partial charge in [-0.3, -0.25) is 15.4 Å². The smallest absolute Gasteiger partial charge is 0.212 e. The summed E-state index contributed by atoms with van der Waals surface area (Å²) in [4.78, 5) is 11.0. The molecule has 6 N–H and O–H groups in total. The molecule has 2 fully saturated rings. The van der Waals surface area contributed by atoms with Gasteiger partial charge < -0.3 is 16.4 Å². The molecule has 1 spiro atoms. The van der Waals surface area contributed by atoms with Crippen molar-refractivity contribution in [3.8, 4) is 11.1 Å². The Hall–Kier alpha value is -2.16. The summed E-state index contributed by atoms with van der Waals surface area (Å²) in [6.45, 7) is 3.44. The molecule has 2 aromatic rings. The highest BCUT2D eigenvalue weighted by Crippen LogP contribution is 2.46. The quantitative estimate of drug-likeness (QED) is 0.422. The van der Waals surface area contributed by atoms with E-state index in [0.29, 0.717) is 22.8 Å². The topological polar surface area (TPSA) is 134 Å². The monoisotopic (exact) mass is 448 g/mol. The minimum atomic E-state index is 0.106. The van der Waals surface area contributed by atoms with Crippen LogP contribution in [0.1, 0.15) is 37.8 Å². The van der Waals surface area contributed by atoms with E-state index in [0.717, 1.165) is 38.7 Å². The molecule has 1 saturated carbocycles. The molecule has 1 saturated heterocycles. The average Bonchev–Trinajstić information content (AvgIpc) is 3.08. The number of aryl methyl sites for hydroxylation is 1.